The maximum Gasteiger partial charge on any atom is 0.232 e. The summed E-state index contributed by atoms with van der Waals surface area (Å²) >= 11 is 0. The predicted octanol–water partition coefficient (Wildman–Crippen LogP) is 1.90. The lowest BCUT2D eigenvalue weighted by Gasteiger charge is -2.22. The van der Waals surface area contributed by atoms with Crippen molar-refractivity contribution >= 4 is 21.6 Å². The molecule has 0 aromatic heterocycles. The molecule has 0 atom stereocenters. The van der Waals surface area contributed by atoms with Crippen LogP contribution < -0.4 is 9.62 Å². The van der Waals surface area contributed by atoms with E-state index in [1.54, 1.807) is 6.07 Å². The summed E-state index contributed by atoms with van der Waals surface area (Å²) < 4.78 is 38.2. The smallest absolute Gasteiger partial charge is 0.232 e. The molecule has 1 N–H and O–H groups in total. The average Bonchev–Trinajstić information content (AvgIpc) is 2.40. The Bertz CT molecular complexity index is 575. The Balaban J connectivity index is 2.74. The van der Waals surface area contributed by atoms with Gasteiger partial charge < -0.3 is 5.32 Å². The van der Waals surface area contributed by atoms with Gasteiger partial charge in [0.05, 0.1) is 11.9 Å². The van der Waals surface area contributed by atoms with Crippen LogP contribution in [0.2, 0.25) is 0 Å². The molecule has 0 spiro atoms. The number of para-hydroxylation sites is 1. The molecule has 0 aliphatic carbocycles. The van der Waals surface area contributed by atoms with Crippen LogP contribution in [0.25, 0.3) is 0 Å². The molecule has 0 unspecified atom stereocenters. The molecule has 7 heteroatoms. The van der Waals surface area contributed by atoms with Gasteiger partial charge in [-0.2, -0.15) is 0 Å². The number of benzene rings is 1. The zero-order chi connectivity index (χ0) is 15.9. The van der Waals surface area contributed by atoms with Crippen molar-refractivity contribution in [3.05, 3.63) is 30.1 Å². The molecule has 0 aliphatic rings. The van der Waals surface area contributed by atoms with Gasteiger partial charge in [0.2, 0.25) is 15.9 Å². The van der Waals surface area contributed by atoms with Crippen LogP contribution in [0.1, 0.15) is 26.2 Å². The molecule has 0 bridgehead atoms. The van der Waals surface area contributed by atoms with E-state index >= 15 is 0 Å². The Labute approximate surface area is 125 Å². The quantitative estimate of drug-likeness (QED) is 0.745. The highest BCUT2D eigenvalue weighted by Crippen LogP contribution is 2.21. The van der Waals surface area contributed by atoms with Crippen molar-refractivity contribution < 1.29 is 17.6 Å². The molecule has 118 valence electrons. The third-order valence-electron chi connectivity index (χ3n) is 2.92. The topological polar surface area (TPSA) is 66.5 Å². The van der Waals surface area contributed by atoms with E-state index < -0.39 is 15.8 Å². The molecule has 0 saturated heterocycles. The number of nitrogens with one attached hydrogen (secondary N) is 1. The number of anilines is 1. The summed E-state index contributed by atoms with van der Waals surface area (Å²) in [4.78, 5) is 11.6. The van der Waals surface area contributed by atoms with Crippen molar-refractivity contribution in [1.29, 1.82) is 0 Å². The van der Waals surface area contributed by atoms with Gasteiger partial charge in [0.15, 0.2) is 0 Å². The number of hydrogen-bond donors (Lipinski definition) is 1. The lowest BCUT2D eigenvalue weighted by molar-refractivity contribution is -0.120. The first kappa shape index (κ1) is 17.4. The van der Waals surface area contributed by atoms with Gasteiger partial charge in [0.25, 0.3) is 0 Å². The van der Waals surface area contributed by atoms with Gasteiger partial charge in [-0.05, 0) is 18.6 Å². The molecule has 0 saturated carbocycles. The Morgan fingerprint density at radius 2 is 2.00 bits per heavy atom. The summed E-state index contributed by atoms with van der Waals surface area (Å²) in [5.74, 6) is -0.872. The normalized spacial score (nSPS) is 11.2. The van der Waals surface area contributed by atoms with E-state index in [1.807, 2.05) is 6.92 Å². The molecule has 5 nitrogen and oxygen atoms in total. The molecular formula is C14H21FN2O3S. The minimum atomic E-state index is -3.65. The number of rotatable bonds is 8. The standard InChI is InChI=1S/C14H21FN2O3S/c1-3-4-10-16-14(18)9-11-17(21(2,19)20)13-8-6-5-7-12(13)15/h5-8H,3-4,9-11H2,1-2H3,(H,16,18). The second-order valence-electron chi connectivity index (χ2n) is 4.74. The highest BCUT2D eigenvalue weighted by Gasteiger charge is 2.21. The number of nitrogens with zero attached hydrogens (tertiary/aromatic N) is 1. The molecule has 0 radical (unpaired) electrons. The summed E-state index contributed by atoms with van der Waals surface area (Å²) in [6.45, 7) is 2.49. The van der Waals surface area contributed by atoms with Crippen molar-refractivity contribution in [3.8, 4) is 0 Å². The van der Waals surface area contributed by atoms with E-state index in [4.69, 9.17) is 0 Å². The van der Waals surface area contributed by atoms with Crippen LogP contribution in [-0.2, 0) is 14.8 Å². The maximum absolute atomic E-state index is 13.7. The molecule has 1 aromatic carbocycles. The van der Waals surface area contributed by atoms with E-state index in [2.05, 4.69) is 5.32 Å². The Morgan fingerprint density at radius 1 is 1.33 bits per heavy atom. The van der Waals surface area contributed by atoms with Crippen LogP contribution >= 0.6 is 0 Å². The van der Waals surface area contributed by atoms with Crippen LogP contribution in [0, 0.1) is 5.82 Å². The van der Waals surface area contributed by atoms with Gasteiger partial charge in [-0.25, -0.2) is 12.8 Å². The molecular weight excluding hydrogens is 295 g/mol. The molecule has 21 heavy (non-hydrogen) atoms. The summed E-state index contributed by atoms with van der Waals surface area (Å²) in [7, 11) is -3.65. The SMILES string of the molecule is CCCCNC(=O)CCN(c1ccccc1F)S(C)(=O)=O. The molecule has 1 rings (SSSR count). The van der Waals surface area contributed by atoms with Crippen molar-refractivity contribution in [1.82, 2.24) is 5.32 Å². The van der Waals surface area contributed by atoms with Crippen molar-refractivity contribution in [2.24, 2.45) is 0 Å². The lowest BCUT2D eigenvalue weighted by atomic mass is 10.3. The first-order chi connectivity index (χ1) is 9.86. The van der Waals surface area contributed by atoms with Crippen LogP contribution in [0.3, 0.4) is 0 Å². The van der Waals surface area contributed by atoms with Gasteiger partial charge in [-0.3, -0.25) is 9.10 Å². The highest BCUT2D eigenvalue weighted by atomic mass is 32.2. The third-order valence-corrected chi connectivity index (χ3v) is 4.10. The summed E-state index contributed by atoms with van der Waals surface area (Å²) in [6.07, 6.45) is 2.82. The van der Waals surface area contributed by atoms with Crippen molar-refractivity contribution in [2.45, 2.75) is 26.2 Å². The summed E-state index contributed by atoms with van der Waals surface area (Å²) in [6, 6.07) is 5.61. The van der Waals surface area contributed by atoms with Gasteiger partial charge >= 0.3 is 0 Å². The molecule has 0 fully saturated rings. The number of halogens is 1. The summed E-state index contributed by atoms with van der Waals surface area (Å²) in [5, 5.41) is 2.70. The van der Waals surface area contributed by atoms with E-state index in [9.17, 15) is 17.6 Å². The molecule has 0 heterocycles. The number of amides is 1. The third kappa shape index (κ3) is 5.71. The predicted molar refractivity (Wildman–Crippen MR) is 81.1 cm³/mol. The summed E-state index contributed by atoms with van der Waals surface area (Å²) in [5.41, 5.74) is -0.0404. The minimum Gasteiger partial charge on any atom is -0.356 e. The van der Waals surface area contributed by atoms with Crippen LogP contribution in [0.15, 0.2) is 24.3 Å². The number of unbranched alkanes of at least 4 members (excludes halogenated alkanes) is 1. The highest BCUT2D eigenvalue weighted by molar-refractivity contribution is 7.92. The average molecular weight is 316 g/mol. The lowest BCUT2D eigenvalue weighted by Crippen LogP contribution is -2.35. The monoisotopic (exact) mass is 316 g/mol. The zero-order valence-electron chi connectivity index (χ0n) is 12.3. The van der Waals surface area contributed by atoms with Crippen molar-refractivity contribution in [2.75, 3.05) is 23.7 Å². The first-order valence-corrected chi connectivity index (χ1v) is 8.70. The number of sulfonamides is 1. The fourth-order valence-electron chi connectivity index (χ4n) is 1.81. The largest absolute Gasteiger partial charge is 0.356 e. The molecule has 0 aliphatic heterocycles. The van der Waals surface area contributed by atoms with Crippen LogP contribution in [0.5, 0.6) is 0 Å². The fraction of sp³-hybridized carbons (Fsp3) is 0.500. The Morgan fingerprint density at radius 3 is 2.57 bits per heavy atom. The van der Waals surface area contributed by atoms with Crippen LogP contribution in [0.4, 0.5) is 10.1 Å². The Kier molecular flexibility index (Phi) is 6.61. The zero-order valence-corrected chi connectivity index (χ0v) is 13.1. The van der Waals surface area contributed by atoms with Gasteiger partial charge in [0.1, 0.15) is 5.82 Å². The maximum atomic E-state index is 13.7. The van der Waals surface area contributed by atoms with E-state index in [1.165, 1.54) is 18.2 Å². The fourth-order valence-corrected chi connectivity index (χ4v) is 2.74. The van der Waals surface area contributed by atoms with Gasteiger partial charge in [-0.15, -0.1) is 0 Å². The molecule has 1 amide bonds. The second-order valence-corrected chi connectivity index (χ2v) is 6.65. The second kappa shape index (κ2) is 7.97. The Hall–Kier alpha value is -1.63. The van der Waals surface area contributed by atoms with E-state index in [0.29, 0.717) is 6.54 Å². The first-order valence-electron chi connectivity index (χ1n) is 6.85. The van der Waals surface area contributed by atoms with Gasteiger partial charge in [0, 0.05) is 19.5 Å². The van der Waals surface area contributed by atoms with Crippen LogP contribution in [-0.4, -0.2) is 33.7 Å². The van der Waals surface area contributed by atoms with E-state index in [-0.39, 0.29) is 24.6 Å². The number of carbonyl (C=O) groups is 1. The number of hydrogen-bond acceptors (Lipinski definition) is 3. The van der Waals surface area contributed by atoms with Gasteiger partial charge in [-0.1, -0.05) is 25.5 Å². The van der Waals surface area contributed by atoms with E-state index in [0.717, 1.165) is 23.4 Å². The minimum absolute atomic E-state index is 0.00881. The number of carbonyl (C=O) groups excluding carboxylic acids is 1. The van der Waals surface area contributed by atoms with Crippen molar-refractivity contribution in [3.63, 3.8) is 0 Å². The molecule has 1 aromatic rings.